The molecule has 0 saturated heterocycles. The fourth-order valence-electron chi connectivity index (χ4n) is 4.59. The van der Waals surface area contributed by atoms with Crippen LogP contribution in [0.3, 0.4) is 0 Å². The molecule has 5 rings (SSSR count). The number of amides is 1. The van der Waals surface area contributed by atoms with Gasteiger partial charge in [0.25, 0.3) is 5.91 Å². The molecule has 0 spiro atoms. The molecule has 2 aromatic heterocycles. The van der Waals surface area contributed by atoms with Gasteiger partial charge in [-0.25, -0.2) is 9.78 Å². The molecule has 0 aliphatic heterocycles. The van der Waals surface area contributed by atoms with E-state index >= 15 is 0 Å². The van der Waals surface area contributed by atoms with E-state index in [2.05, 4.69) is 31.3 Å². The van der Waals surface area contributed by atoms with Crippen LogP contribution in [0.1, 0.15) is 64.7 Å². The third-order valence-electron chi connectivity index (χ3n) is 6.72. The van der Waals surface area contributed by atoms with Crippen molar-refractivity contribution >= 4 is 51.5 Å². The van der Waals surface area contributed by atoms with E-state index < -0.39 is 5.97 Å². The highest BCUT2D eigenvalue weighted by Gasteiger charge is 2.28. The van der Waals surface area contributed by atoms with Crippen LogP contribution in [0.5, 0.6) is 0 Å². The van der Waals surface area contributed by atoms with Crippen LogP contribution < -0.4 is 5.32 Å². The van der Waals surface area contributed by atoms with E-state index in [0.717, 1.165) is 45.5 Å². The predicted octanol–water partition coefficient (Wildman–Crippen LogP) is 7.09. The Morgan fingerprint density at radius 3 is 2.64 bits per heavy atom. The zero-order chi connectivity index (χ0) is 25.1. The molecule has 1 atom stereocenters. The molecule has 0 radical (unpaired) electrons. The van der Waals surface area contributed by atoms with Crippen molar-refractivity contribution in [1.29, 1.82) is 0 Å². The molecule has 36 heavy (non-hydrogen) atoms. The minimum absolute atomic E-state index is 0.352. The van der Waals surface area contributed by atoms with Crippen LogP contribution in [0.25, 0.3) is 22.6 Å². The maximum atomic E-state index is 13.3. The molecule has 1 aliphatic carbocycles. The molecule has 0 unspecified atom stereocenters. The molecule has 5 nitrogen and oxygen atoms in total. The van der Waals surface area contributed by atoms with Crippen molar-refractivity contribution in [2.75, 3.05) is 11.9 Å². The molecule has 4 aromatic rings. The van der Waals surface area contributed by atoms with Gasteiger partial charge in [0, 0.05) is 16.0 Å². The van der Waals surface area contributed by atoms with Gasteiger partial charge in [-0.3, -0.25) is 4.79 Å². The van der Waals surface area contributed by atoms with Gasteiger partial charge in [0.15, 0.2) is 6.61 Å². The number of fused-ring (bicyclic) bond motifs is 2. The van der Waals surface area contributed by atoms with Crippen molar-refractivity contribution in [3.05, 3.63) is 93.3 Å². The minimum Gasteiger partial charge on any atom is -0.452 e. The predicted molar refractivity (Wildman–Crippen MR) is 146 cm³/mol. The zero-order valence-electron chi connectivity index (χ0n) is 20.4. The number of rotatable bonds is 7. The van der Waals surface area contributed by atoms with Gasteiger partial charge in [-0.05, 0) is 77.6 Å². The number of pyridine rings is 1. The van der Waals surface area contributed by atoms with Crippen molar-refractivity contribution in [2.45, 2.75) is 39.0 Å². The van der Waals surface area contributed by atoms with E-state index in [1.807, 2.05) is 60.0 Å². The van der Waals surface area contributed by atoms with Crippen molar-refractivity contribution in [3.8, 4) is 0 Å². The summed E-state index contributed by atoms with van der Waals surface area (Å²) in [7, 11) is 0. The van der Waals surface area contributed by atoms with Crippen molar-refractivity contribution in [2.24, 2.45) is 0 Å². The van der Waals surface area contributed by atoms with Gasteiger partial charge in [-0.15, -0.1) is 11.3 Å². The van der Waals surface area contributed by atoms with Crippen LogP contribution in [0.4, 0.5) is 5.69 Å². The summed E-state index contributed by atoms with van der Waals surface area (Å²) in [4.78, 5) is 31.9. The summed E-state index contributed by atoms with van der Waals surface area (Å²) >= 11 is 1.67. The highest BCUT2D eigenvalue weighted by atomic mass is 32.1. The number of aromatic nitrogens is 1. The number of nitrogens with zero attached hydrogens (tertiary/aromatic N) is 1. The summed E-state index contributed by atoms with van der Waals surface area (Å²) < 4.78 is 5.52. The van der Waals surface area contributed by atoms with Gasteiger partial charge < -0.3 is 10.1 Å². The summed E-state index contributed by atoms with van der Waals surface area (Å²) in [6.45, 7) is 3.97. The van der Waals surface area contributed by atoms with E-state index in [9.17, 15) is 9.59 Å². The summed E-state index contributed by atoms with van der Waals surface area (Å²) in [5.41, 5.74) is 6.02. The molecule has 182 valence electrons. The number of benzene rings is 2. The van der Waals surface area contributed by atoms with Crippen LogP contribution in [-0.4, -0.2) is 23.5 Å². The third kappa shape index (κ3) is 4.95. The molecule has 2 heterocycles. The monoisotopic (exact) mass is 496 g/mol. The highest BCUT2D eigenvalue weighted by molar-refractivity contribution is 7.10. The third-order valence-corrected chi connectivity index (χ3v) is 7.54. The molecular weight excluding hydrogens is 468 g/mol. The van der Waals surface area contributed by atoms with Gasteiger partial charge >= 0.3 is 5.97 Å². The second kappa shape index (κ2) is 10.5. The molecular formula is C30H28N2O3S. The van der Waals surface area contributed by atoms with Gasteiger partial charge in [-0.1, -0.05) is 50.2 Å². The lowest BCUT2D eigenvalue weighted by molar-refractivity contribution is -0.119. The SMILES string of the molecule is CC[C@H](C)c1ccc(NC(=O)COC(=O)c2c3c(nc4ccccc24)/C(=C\c2cccs2)CC3)cc1. The topological polar surface area (TPSA) is 68.3 Å². The zero-order valence-corrected chi connectivity index (χ0v) is 21.2. The van der Waals surface area contributed by atoms with Crippen molar-refractivity contribution in [3.63, 3.8) is 0 Å². The molecule has 1 N–H and O–H groups in total. The van der Waals surface area contributed by atoms with E-state index in [1.165, 1.54) is 5.56 Å². The lowest BCUT2D eigenvalue weighted by Gasteiger charge is -2.13. The number of carbonyl (C=O) groups is 2. The number of ether oxygens (including phenoxy) is 1. The number of nitrogens with one attached hydrogen (secondary N) is 1. The van der Waals surface area contributed by atoms with E-state index in [1.54, 1.807) is 11.3 Å². The Labute approximate surface area is 214 Å². The average molecular weight is 497 g/mol. The molecule has 1 aliphatic rings. The van der Waals surface area contributed by atoms with Gasteiger partial charge in [0.05, 0.1) is 16.8 Å². The molecule has 0 bridgehead atoms. The summed E-state index contributed by atoms with van der Waals surface area (Å²) in [5.74, 6) is -0.397. The van der Waals surface area contributed by atoms with E-state index in [0.29, 0.717) is 23.6 Å². The number of hydrogen-bond acceptors (Lipinski definition) is 5. The quantitative estimate of drug-likeness (QED) is 0.277. The smallest absolute Gasteiger partial charge is 0.339 e. The van der Waals surface area contributed by atoms with Crippen LogP contribution in [-0.2, 0) is 16.0 Å². The van der Waals surface area contributed by atoms with E-state index in [-0.39, 0.29) is 12.5 Å². The standard InChI is InChI=1S/C30H28N2O3S/c1-3-19(2)20-10-13-22(14-11-20)31-27(33)18-35-30(34)28-24-8-4-5-9-26(24)32-29-21(12-15-25(28)29)17-23-7-6-16-36-23/h4-11,13-14,16-17,19H,3,12,15,18H2,1-2H3,(H,31,33)/b21-17-/t19-/m0/s1. The molecule has 0 saturated carbocycles. The second-order valence-corrected chi connectivity index (χ2v) is 10.1. The fraction of sp³-hybridized carbons (Fsp3) is 0.233. The number of esters is 1. The Morgan fingerprint density at radius 2 is 1.89 bits per heavy atom. The average Bonchev–Trinajstić information content (AvgIpc) is 3.56. The normalized spacial score (nSPS) is 14.6. The fourth-order valence-corrected chi connectivity index (χ4v) is 5.27. The van der Waals surface area contributed by atoms with Gasteiger partial charge in [-0.2, -0.15) is 0 Å². The Morgan fingerprint density at radius 1 is 1.08 bits per heavy atom. The first-order valence-corrected chi connectivity index (χ1v) is 13.1. The number of allylic oxidation sites excluding steroid dienone is 1. The van der Waals surface area contributed by atoms with Crippen LogP contribution >= 0.6 is 11.3 Å². The minimum atomic E-state index is -0.496. The molecule has 2 aromatic carbocycles. The van der Waals surface area contributed by atoms with Gasteiger partial charge in [0.1, 0.15) is 0 Å². The lowest BCUT2D eigenvalue weighted by atomic mass is 9.99. The lowest BCUT2D eigenvalue weighted by Crippen LogP contribution is -2.21. The van der Waals surface area contributed by atoms with Crippen LogP contribution in [0.2, 0.25) is 0 Å². The maximum Gasteiger partial charge on any atom is 0.339 e. The van der Waals surface area contributed by atoms with Crippen LogP contribution in [0.15, 0.2) is 66.0 Å². The molecule has 1 amide bonds. The number of hydrogen-bond donors (Lipinski definition) is 1. The number of thiophene rings is 1. The number of para-hydroxylation sites is 1. The number of carbonyl (C=O) groups excluding carboxylic acids is 2. The molecule has 0 fully saturated rings. The first kappa shape index (κ1) is 23.9. The largest absolute Gasteiger partial charge is 0.452 e. The first-order chi connectivity index (χ1) is 17.5. The second-order valence-electron chi connectivity index (χ2n) is 9.07. The van der Waals surface area contributed by atoms with Crippen molar-refractivity contribution in [1.82, 2.24) is 4.98 Å². The van der Waals surface area contributed by atoms with Crippen LogP contribution in [0, 0.1) is 0 Å². The number of anilines is 1. The highest BCUT2D eigenvalue weighted by Crippen LogP contribution is 2.38. The summed E-state index contributed by atoms with van der Waals surface area (Å²) in [6.07, 6.45) is 4.72. The first-order valence-electron chi connectivity index (χ1n) is 12.3. The Kier molecular flexibility index (Phi) is 6.96. The van der Waals surface area contributed by atoms with Gasteiger partial charge in [0.2, 0.25) is 0 Å². The van der Waals surface area contributed by atoms with E-state index in [4.69, 9.17) is 9.72 Å². The summed E-state index contributed by atoms with van der Waals surface area (Å²) in [5, 5.41) is 5.61. The molecule has 6 heteroatoms. The Balaban J connectivity index is 1.35. The Hall–Kier alpha value is -3.77. The maximum absolute atomic E-state index is 13.3. The summed E-state index contributed by atoms with van der Waals surface area (Å²) in [6, 6.07) is 19.5. The van der Waals surface area contributed by atoms with Crippen molar-refractivity contribution < 1.29 is 14.3 Å². The Bertz CT molecular complexity index is 1440.